The first kappa shape index (κ1) is 24.7. The average Bonchev–Trinajstić information content (AvgIpc) is 3.62. The van der Waals surface area contributed by atoms with Crippen LogP contribution in [-0.2, 0) is 0 Å². The van der Waals surface area contributed by atoms with Gasteiger partial charge in [0.15, 0.2) is 11.5 Å². The van der Waals surface area contributed by atoms with Crippen molar-refractivity contribution < 1.29 is 14.3 Å². The van der Waals surface area contributed by atoms with E-state index >= 15 is 0 Å². The Morgan fingerprint density at radius 1 is 1.17 bits per heavy atom. The molecule has 0 bridgehead atoms. The number of carbonyl (C=O) groups is 2. The van der Waals surface area contributed by atoms with Crippen LogP contribution in [0.15, 0.2) is 35.5 Å². The maximum Gasteiger partial charge on any atom is 0.323 e. The van der Waals surface area contributed by atoms with Crippen molar-refractivity contribution in [2.75, 3.05) is 30.8 Å². The van der Waals surface area contributed by atoms with Crippen molar-refractivity contribution in [1.82, 2.24) is 9.88 Å². The SMILES string of the molecule is COc1c(Nc2cc(NC(=O)N3CC(C)(C)C3)ncc2C(=O)C2CC2)cccc1C(C)=NC(C)C. The highest BCUT2D eigenvalue weighted by Crippen LogP contribution is 2.38. The molecule has 0 atom stereocenters. The zero-order valence-electron chi connectivity index (χ0n) is 21.4. The van der Waals surface area contributed by atoms with Gasteiger partial charge in [-0.3, -0.25) is 15.1 Å². The Morgan fingerprint density at radius 3 is 2.49 bits per heavy atom. The van der Waals surface area contributed by atoms with Crippen molar-refractivity contribution >= 4 is 34.7 Å². The number of para-hydroxylation sites is 1. The van der Waals surface area contributed by atoms with Crippen molar-refractivity contribution in [3.05, 3.63) is 41.6 Å². The minimum absolute atomic E-state index is 0.0368. The number of ketones is 1. The molecule has 1 saturated heterocycles. The first-order valence-corrected chi connectivity index (χ1v) is 12.2. The van der Waals surface area contributed by atoms with Crippen LogP contribution in [-0.4, -0.2) is 53.7 Å². The molecule has 1 aromatic carbocycles. The molecule has 4 rings (SSSR count). The monoisotopic (exact) mass is 477 g/mol. The summed E-state index contributed by atoms with van der Waals surface area (Å²) in [5, 5.41) is 6.26. The first-order valence-electron chi connectivity index (χ1n) is 12.2. The number of ether oxygens (including phenoxy) is 1. The number of rotatable bonds is 8. The summed E-state index contributed by atoms with van der Waals surface area (Å²) < 4.78 is 5.76. The van der Waals surface area contributed by atoms with Crippen molar-refractivity contribution in [3.8, 4) is 5.75 Å². The molecule has 8 heteroatoms. The van der Waals surface area contributed by atoms with Crippen LogP contribution >= 0.6 is 0 Å². The normalized spacial score (nSPS) is 17.1. The number of hydrogen-bond acceptors (Lipinski definition) is 6. The summed E-state index contributed by atoms with van der Waals surface area (Å²) in [6, 6.07) is 7.48. The highest BCUT2D eigenvalue weighted by atomic mass is 16.5. The number of carbonyl (C=O) groups excluding carboxylic acids is 2. The van der Waals surface area contributed by atoms with Gasteiger partial charge in [-0.05, 0) is 45.7 Å². The molecular formula is C27H35N5O3. The zero-order valence-corrected chi connectivity index (χ0v) is 21.4. The molecule has 1 aliphatic carbocycles. The lowest BCUT2D eigenvalue weighted by Gasteiger charge is -2.45. The number of methoxy groups -OCH3 is 1. The van der Waals surface area contributed by atoms with Crippen molar-refractivity contribution in [1.29, 1.82) is 0 Å². The lowest BCUT2D eigenvalue weighted by Crippen LogP contribution is -2.56. The summed E-state index contributed by atoms with van der Waals surface area (Å²) in [4.78, 5) is 36.5. The number of hydrogen-bond donors (Lipinski definition) is 2. The number of benzene rings is 1. The number of urea groups is 1. The maximum atomic E-state index is 13.0. The molecule has 186 valence electrons. The summed E-state index contributed by atoms with van der Waals surface area (Å²) in [5.74, 6) is 1.14. The van der Waals surface area contributed by atoms with Gasteiger partial charge in [0.1, 0.15) is 5.82 Å². The van der Waals surface area contributed by atoms with E-state index in [0.29, 0.717) is 41.6 Å². The van der Waals surface area contributed by atoms with Crippen LogP contribution in [0.4, 0.5) is 22.0 Å². The number of aromatic nitrogens is 1. The molecule has 2 aromatic rings. The third-order valence-electron chi connectivity index (χ3n) is 6.21. The summed E-state index contributed by atoms with van der Waals surface area (Å²) in [6.07, 6.45) is 3.34. The standard InChI is InChI=1S/C27H35N5O3/c1-16(2)29-17(3)19-8-7-9-21(25(19)35-6)30-22-12-23(28-13-20(22)24(33)18-10-11-18)31-26(34)32-14-27(4,5)15-32/h7-9,12-13,16,18H,10-11,14-15H2,1-6H3,(H2,28,30,31,34). The second-order valence-corrected chi connectivity index (χ2v) is 10.5. The summed E-state index contributed by atoms with van der Waals surface area (Å²) in [6.45, 7) is 11.7. The van der Waals surface area contributed by atoms with Crippen LogP contribution in [0.1, 0.15) is 63.4 Å². The first-order chi connectivity index (χ1) is 16.6. The fourth-order valence-corrected chi connectivity index (χ4v) is 4.45. The number of pyridine rings is 1. The molecule has 2 amide bonds. The van der Waals surface area contributed by atoms with E-state index in [1.54, 1.807) is 24.3 Å². The van der Waals surface area contributed by atoms with E-state index in [-0.39, 0.29) is 29.2 Å². The van der Waals surface area contributed by atoms with E-state index in [2.05, 4.69) is 34.5 Å². The molecular weight excluding hydrogens is 442 g/mol. The van der Waals surface area contributed by atoms with Gasteiger partial charge in [0, 0.05) is 54.0 Å². The van der Waals surface area contributed by atoms with Crippen LogP contribution < -0.4 is 15.4 Å². The Hall–Kier alpha value is -3.42. The molecule has 2 aliphatic rings. The van der Waals surface area contributed by atoms with Crippen LogP contribution in [0.3, 0.4) is 0 Å². The van der Waals surface area contributed by atoms with Gasteiger partial charge in [0.05, 0.1) is 24.0 Å². The number of likely N-dealkylation sites (tertiary alicyclic amines) is 1. The molecule has 2 heterocycles. The predicted molar refractivity (Wildman–Crippen MR) is 139 cm³/mol. The van der Waals surface area contributed by atoms with Gasteiger partial charge in [-0.1, -0.05) is 19.9 Å². The number of anilines is 3. The van der Waals surface area contributed by atoms with Gasteiger partial charge >= 0.3 is 6.03 Å². The van der Waals surface area contributed by atoms with E-state index in [4.69, 9.17) is 4.74 Å². The molecule has 0 unspecified atom stereocenters. The number of amides is 2. The van der Waals surface area contributed by atoms with E-state index in [1.165, 1.54) is 0 Å². The van der Waals surface area contributed by atoms with Gasteiger partial charge in [0.2, 0.25) is 0 Å². The fourth-order valence-electron chi connectivity index (χ4n) is 4.45. The predicted octanol–water partition coefficient (Wildman–Crippen LogP) is 5.52. The minimum Gasteiger partial charge on any atom is -0.494 e. The Balaban J connectivity index is 1.65. The van der Waals surface area contributed by atoms with Crippen molar-refractivity contribution in [2.24, 2.45) is 16.3 Å². The molecule has 1 aromatic heterocycles. The number of nitrogens with zero attached hydrogens (tertiary/aromatic N) is 3. The Morgan fingerprint density at radius 2 is 1.89 bits per heavy atom. The van der Waals surface area contributed by atoms with Gasteiger partial charge in [-0.2, -0.15) is 0 Å². The van der Waals surface area contributed by atoms with Crippen LogP contribution in [0.25, 0.3) is 0 Å². The van der Waals surface area contributed by atoms with Crippen molar-refractivity contribution in [3.63, 3.8) is 0 Å². The lowest BCUT2D eigenvalue weighted by molar-refractivity contribution is 0.0687. The maximum absolute atomic E-state index is 13.0. The fraction of sp³-hybridized carbons (Fsp3) is 0.481. The second-order valence-electron chi connectivity index (χ2n) is 10.5. The Labute approximate surface area is 207 Å². The molecule has 2 N–H and O–H groups in total. The summed E-state index contributed by atoms with van der Waals surface area (Å²) >= 11 is 0. The highest BCUT2D eigenvalue weighted by molar-refractivity contribution is 6.06. The van der Waals surface area contributed by atoms with Gasteiger partial charge in [0.25, 0.3) is 0 Å². The Bertz CT molecular complexity index is 1160. The summed E-state index contributed by atoms with van der Waals surface area (Å²) in [7, 11) is 1.62. The van der Waals surface area contributed by atoms with E-state index < -0.39 is 0 Å². The van der Waals surface area contributed by atoms with E-state index in [0.717, 1.165) is 24.1 Å². The van der Waals surface area contributed by atoms with Crippen LogP contribution in [0.2, 0.25) is 0 Å². The number of nitrogens with one attached hydrogen (secondary N) is 2. The minimum atomic E-state index is -0.191. The smallest absolute Gasteiger partial charge is 0.323 e. The van der Waals surface area contributed by atoms with Crippen molar-refractivity contribution in [2.45, 2.75) is 53.5 Å². The Kier molecular flexibility index (Phi) is 6.83. The van der Waals surface area contributed by atoms with Gasteiger partial charge in [-0.15, -0.1) is 0 Å². The van der Waals surface area contributed by atoms with E-state index in [9.17, 15) is 9.59 Å². The molecule has 1 saturated carbocycles. The molecule has 1 aliphatic heterocycles. The average molecular weight is 478 g/mol. The topological polar surface area (TPSA) is 95.9 Å². The molecule has 35 heavy (non-hydrogen) atoms. The quantitative estimate of drug-likeness (QED) is 0.386. The molecule has 2 fully saturated rings. The van der Waals surface area contributed by atoms with Crippen LogP contribution in [0, 0.1) is 11.3 Å². The second kappa shape index (κ2) is 9.68. The van der Waals surface area contributed by atoms with Gasteiger partial charge in [-0.25, -0.2) is 9.78 Å². The van der Waals surface area contributed by atoms with Gasteiger partial charge < -0.3 is 15.0 Å². The number of aliphatic imine (C=N–C) groups is 1. The highest BCUT2D eigenvalue weighted by Gasteiger charge is 2.37. The largest absolute Gasteiger partial charge is 0.494 e. The molecule has 8 nitrogen and oxygen atoms in total. The molecule has 0 radical (unpaired) electrons. The lowest BCUT2D eigenvalue weighted by atomic mass is 9.85. The third-order valence-corrected chi connectivity index (χ3v) is 6.21. The van der Waals surface area contributed by atoms with Crippen LogP contribution in [0.5, 0.6) is 5.75 Å². The number of Topliss-reactive ketones (excluding diaryl/α,β-unsaturated/α-hetero) is 1. The zero-order chi connectivity index (χ0) is 25.3. The van der Waals surface area contributed by atoms with E-state index in [1.807, 2.05) is 39.0 Å². The molecule has 0 spiro atoms. The summed E-state index contributed by atoms with van der Waals surface area (Å²) in [5.41, 5.74) is 3.69. The third kappa shape index (κ3) is 5.63.